The maximum Gasteiger partial charge on any atom is 0.392 e. The van der Waals surface area contributed by atoms with Crippen molar-refractivity contribution in [3.05, 3.63) is 71.8 Å². The van der Waals surface area contributed by atoms with Gasteiger partial charge in [-0.05, 0) is 25.0 Å². The van der Waals surface area contributed by atoms with Gasteiger partial charge in [0, 0.05) is 0 Å². The van der Waals surface area contributed by atoms with Crippen molar-refractivity contribution in [3.8, 4) is 0 Å². The van der Waals surface area contributed by atoms with Gasteiger partial charge in [0.2, 0.25) is 0 Å². The number of carbonyl (C=O) groups excluding carboxylic acids is 2. The van der Waals surface area contributed by atoms with Crippen LogP contribution in [-0.4, -0.2) is 35.5 Å². The molecule has 2 rings (SSSR count). The van der Waals surface area contributed by atoms with E-state index in [4.69, 9.17) is 0 Å². The van der Waals surface area contributed by atoms with E-state index < -0.39 is 47.6 Å². The SMILES string of the molecule is CC(NC(=O)C(F)(F)C(F)(F)C(F)(F)C(F)(F)C(=O)NC(C)c1ccccc1)c1ccccc1. The lowest BCUT2D eigenvalue weighted by atomic mass is 9.96. The lowest BCUT2D eigenvalue weighted by molar-refractivity contribution is -0.347. The summed E-state index contributed by atoms with van der Waals surface area (Å²) in [6, 6.07) is 11.3. The van der Waals surface area contributed by atoms with Crippen LogP contribution in [0.15, 0.2) is 60.7 Å². The van der Waals surface area contributed by atoms with E-state index in [9.17, 15) is 44.7 Å². The Hall–Kier alpha value is -3.18. The first-order chi connectivity index (χ1) is 15.6. The van der Waals surface area contributed by atoms with Gasteiger partial charge in [-0.15, -0.1) is 0 Å². The minimum atomic E-state index is -6.93. The Balaban J connectivity index is 2.26. The number of alkyl halides is 8. The quantitative estimate of drug-likeness (QED) is 0.464. The molecule has 0 aromatic heterocycles. The largest absolute Gasteiger partial charge is 0.392 e. The van der Waals surface area contributed by atoms with Gasteiger partial charge in [-0.1, -0.05) is 60.7 Å². The van der Waals surface area contributed by atoms with E-state index in [1.165, 1.54) is 71.3 Å². The summed E-state index contributed by atoms with van der Waals surface area (Å²) in [6.45, 7) is 2.18. The van der Waals surface area contributed by atoms with Gasteiger partial charge in [-0.3, -0.25) is 9.59 Å². The number of hydrogen-bond acceptors (Lipinski definition) is 2. The molecule has 186 valence electrons. The number of halogens is 8. The van der Waals surface area contributed by atoms with Crippen molar-refractivity contribution in [2.24, 2.45) is 0 Å². The molecule has 0 saturated carbocycles. The third kappa shape index (κ3) is 4.85. The van der Waals surface area contributed by atoms with Gasteiger partial charge in [0.15, 0.2) is 0 Å². The zero-order valence-electron chi connectivity index (χ0n) is 17.8. The number of rotatable bonds is 9. The van der Waals surface area contributed by atoms with Crippen LogP contribution in [0.1, 0.15) is 37.1 Å². The predicted molar refractivity (Wildman–Crippen MR) is 106 cm³/mol. The fourth-order valence-electron chi connectivity index (χ4n) is 2.90. The Labute approximate surface area is 189 Å². The summed E-state index contributed by atoms with van der Waals surface area (Å²) in [6.07, 6.45) is 0. The molecule has 2 amide bonds. The maximum atomic E-state index is 14.2. The van der Waals surface area contributed by atoms with Crippen molar-refractivity contribution < 1.29 is 44.7 Å². The molecular formula is C22H20F8N2O2. The zero-order valence-corrected chi connectivity index (χ0v) is 17.8. The van der Waals surface area contributed by atoms with Crippen LogP contribution in [0.25, 0.3) is 0 Å². The van der Waals surface area contributed by atoms with Crippen LogP contribution in [0.4, 0.5) is 35.1 Å². The highest BCUT2D eigenvalue weighted by Gasteiger charge is 2.84. The number of hydrogen-bond donors (Lipinski definition) is 2. The van der Waals surface area contributed by atoms with Gasteiger partial charge < -0.3 is 10.6 Å². The molecule has 0 heterocycles. The minimum Gasteiger partial charge on any atom is -0.344 e. The molecule has 2 unspecified atom stereocenters. The molecule has 2 aromatic rings. The Morgan fingerprint density at radius 3 is 1.12 bits per heavy atom. The molecular weight excluding hydrogens is 476 g/mol. The molecule has 0 aliphatic rings. The van der Waals surface area contributed by atoms with Crippen LogP contribution in [0.3, 0.4) is 0 Å². The molecule has 12 heteroatoms. The summed E-state index contributed by atoms with van der Waals surface area (Å²) in [5.74, 6) is -32.3. The number of carbonyl (C=O) groups is 2. The first kappa shape index (κ1) is 27.1. The van der Waals surface area contributed by atoms with Crippen molar-refractivity contribution in [1.82, 2.24) is 10.6 Å². The van der Waals surface area contributed by atoms with Crippen LogP contribution < -0.4 is 10.6 Å². The standard InChI is InChI=1S/C22H20F8N2O2/c1-13(15-9-5-3-6-10-15)31-17(33)19(23,24)21(27,28)22(29,30)20(25,26)18(34)32-14(2)16-11-7-4-8-12-16/h3-14H,1-2H3,(H,31,33)(H,32,34). The van der Waals surface area contributed by atoms with Crippen LogP contribution in [0.2, 0.25) is 0 Å². The summed E-state index contributed by atoms with van der Waals surface area (Å²) >= 11 is 0. The zero-order chi connectivity index (χ0) is 25.9. The molecule has 2 aromatic carbocycles. The smallest absolute Gasteiger partial charge is 0.344 e. The summed E-state index contributed by atoms with van der Waals surface area (Å²) in [7, 11) is 0. The molecule has 2 N–H and O–H groups in total. The maximum absolute atomic E-state index is 14.2. The second-order valence-electron chi connectivity index (χ2n) is 7.51. The second-order valence-corrected chi connectivity index (χ2v) is 7.51. The topological polar surface area (TPSA) is 58.2 Å². The van der Waals surface area contributed by atoms with Gasteiger partial charge in [-0.25, -0.2) is 0 Å². The normalized spacial score (nSPS) is 14.8. The van der Waals surface area contributed by atoms with Crippen LogP contribution >= 0.6 is 0 Å². The summed E-state index contributed by atoms with van der Waals surface area (Å²) < 4.78 is 113. The summed E-state index contributed by atoms with van der Waals surface area (Å²) in [5.41, 5.74) is 0.308. The average Bonchev–Trinajstić information content (AvgIpc) is 2.79. The Bertz CT molecular complexity index is 919. The molecule has 0 aliphatic carbocycles. The fraction of sp³-hybridized carbons (Fsp3) is 0.364. The molecule has 0 spiro atoms. The van der Waals surface area contributed by atoms with E-state index in [1.807, 2.05) is 0 Å². The average molecular weight is 496 g/mol. The van der Waals surface area contributed by atoms with E-state index in [-0.39, 0.29) is 11.1 Å². The van der Waals surface area contributed by atoms with Crippen molar-refractivity contribution >= 4 is 11.8 Å². The summed E-state index contributed by atoms with van der Waals surface area (Å²) in [5, 5.41) is 2.80. The summed E-state index contributed by atoms with van der Waals surface area (Å²) in [4.78, 5) is 23.6. The van der Waals surface area contributed by atoms with Gasteiger partial charge in [-0.2, -0.15) is 35.1 Å². The van der Waals surface area contributed by atoms with Gasteiger partial charge in [0.1, 0.15) is 0 Å². The fourth-order valence-corrected chi connectivity index (χ4v) is 2.90. The highest BCUT2D eigenvalue weighted by molar-refractivity contribution is 5.87. The monoisotopic (exact) mass is 496 g/mol. The van der Waals surface area contributed by atoms with Gasteiger partial charge in [0.05, 0.1) is 12.1 Å². The van der Waals surface area contributed by atoms with E-state index in [2.05, 4.69) is 0 Å². The number of benzene rings is 2. The molecule has 0 bridgehead atoms. The second kappa shape index (κ2) is 9.59. The lowest BCUT2D eigenvalue weighted by Crippen LogP contribution is -2.69. The van der Waals surface area contributed by atoms with E-state index in [1.54, 1.807) is 0 Å². The van der Waals surface area contributed by atoms with Gasteiger partial charge in [0.25, 0.3) is 11.8 Å². The van der Waals surface area contributed by atoms with E-state index in [0.717, 1.165) is 13.8 Å². The molecule has 0 aliphatic heterocycles. The van der Waals surface area contributed by atoms with Crippen molar-refractivity contribution in [3.63, 3.8) is 0 Å². The van der Waals surface area contributed by atoms with Crippen LogP contribution in [0.5, 0.6) is 0 Å². The number of amides is 2. The molecule has 34 heavy (non-hydrogen) atoms. The highest BCUT2D eigenvalue weighted by Crippen LogP contribution is 2.53. The first-order valence-electron chi connectivity index (χ1n) is 9.80. The Morgan fingerprint density at radius 1 is 0.588 bits per heavy atom. The molecule has 0 fully saturated rings. The van der Waals surface area contributed by atoms with Crippen molar-refractivity contribution in [1.29, 1.82) is 0 Å². The van der Waals surface area contributed by atoms with Crippen molar-refractivity contribution in [2.45, 2.75) is 49.6 Å². The Morgan fingerprint density at radius 2 is 0.853 bits per heavy atom. The number of nitrogens with one attached hydrogen (secondary N) is 2. The predicted octanol–water partition coefficient (Wildman–Crippen LogP) is 5.28. The van der Waals surface area contributed by atoms with Crippen molar-refractivity contribution in [2.75, 3.05) is 0 Å². The van der Waals surface area contributed by atoms with E-state index in [0.29, 0.717) is 0 Å². The molecule has 4 nitrogen and oxygen atoms in total. The molecule has 0 saturated heterocycles. The third-order valence-corrected chi connectivity index (χ3v) is 5.05. The van der Waals surface area contributed by atoms with Crippen LogP contribution in [-0.2, 0) is 9.59 Å². The Kier molecular flexibility index (Phi) is 7.63. The highest BCUT2D eigenvalue weighted by atomic mass is 19.4. The van der Waals surface area contributed by atoms with Gasteiger partial charge >= 0.3 is 23.7 Å². The lowest BCUT2D eigenvalue weighted by Gasteiger charge is -2.36. The first-order valence-corrected chi connectivity index (χ1v) is 9.80. The van der Waals surface area contributed by atoms with E-state index >= 15 is 0 Å². The third-order valence-electron chi connectivity index (χ3n) is 5.05. The minimum absolute atomic E-state index is 0.154. The van der Waals surface area contributed by atoms with Crippen LogP contribution in [0, 0.1) is 0 Å². The molecule has 2 atom stereocenters. The molecule has 0 radical (unpaired) electrons.